The van der Waals surface area contributed by atoms with E-state index >= 15 is 0 Å². The van der Waals surface area contributed by atoms with Crippen molar-refractivity contribution in [2.24, 2.45) is 5.41 Å². The molecule has 78 valence electrons. The van der Waals surface area contributed by atoms with Gasteiger partial charge in [0.05, 0.1) is 24.2 Å². The molecule has 2 saturated carbocycles. The molecular formula is C12H19NO. The Kier molecular flexibility index (Phi) is 3.08. The van der Waals surface area contributed by atoms with Crippen molar-refractivity contribution in [2.75, 3.05) is 6.61 Å². The molecule has 0 amide bonds. The van der Waals surface area contributed by atoms with Crippen LogP contribution in [0.4, 0.5) is 0 Å². The van der Waals surface area contributed by atoms with Crippen molar-refractivity contribution in [1.82, 2.24) is 0 Å². The largest absolute Gasteiger partial charge is 0.377 e. The molecule has 0 aromatic rings. The molecule has 0 atom stereocenters. The highest BCUT2D eigenvalue weighted by atomic mass is 16.5. The second kappa shape index (κ2) is 4.31. The number of hydrogen-bond donors (Lipinski definition) is 0. The molecule has 0 N–H and O–H groups in total. The third-order valence-corrected chi connectivity index (χ3v) is 3.49. The van der Waals surface area contributed by atoms with E-state index in [1.165, 1.54) is 38.5 Å². The molecule has 2 rings (SSSR count). The van der Waals surface area contributed by atoms with Crippen LogP contribution >= 0.6 is 0 Å². The molecule has 0 spiro atoms. The third-order valence-electron chi connectivity index (χ3n) is 3.49. The van der Waals surface area contributed by atoms with Crippen molar-refractivity contribution < 1.29 is 4.74 Å². The highest BCUT2D eigenvalue weighted by Crippen LogP contribution is 2.45. The van der Waals surface area contributed by atoms with E-state index in [-0.39, 0.29) is 5.41 Å². The van der Waals surface area contributed by atoms with Gasteiger partial charge in [0.25, 0.3) is 0 Å². The van der Waals surface area contributed by atoms with Gasteiger partial charge >= 0.3 is 0 Å². The minimum Gasteiger partial charge on any atom is -0.377 e. The van der Waals surface area contributed by atoms with Gasteiger partial charge in [0.2, 0.25) is 0 Å². The van der Waals surface area contributed by atoms with E-state index in [1.807, 2.05) is 0 Å². The summed E-state index contributed by atoms with van der Waals surface area (Å²) in [6.07, 6.45) is 10.3. The van der Waals surface area contributed by atoms with Crippen LogP contribution in [0.2, 0.25) is 0 Å². The minimum absolute atomic E-state index is 0.0771. The maximum Gasteiger partial charge on any atom is 0.0808 e. The lowest BCUT2D eigenvalue weighted by Gasteiger charge is -2.16. The lowest BCUT2D eigenvalue weighted by atomic mass is 10.1. The minimum atomic E-state index is -0.0771. The summed E-state index contributed by atoms with van der Waals surface area (Å²) in [5.74, 6) is 0. The molecule has 2 aliphatic carbocycles. The molecule has 2 fully saturated rings. The first-order chi connectivity index (χ1) is 6.85. The van der Waals surface area contributed by atoms with E-state index in [2.05, 4.69) is 6.07 Å². The molecule has 0 unspecified atom stereocenters. The number of nitriles is 1. The van der Waals surface area contributed by atoms with Gasteiger partial charge in [0.15, 0.2) is 0 Å². The number of rotatable bonds is 3. The summed E-state index contributed by atoms with van der Waals surface area (Å²) in [5, 5.41) is 8.91. The van der Waals surface area contributed by atoms with Crippen LogP contribution in [-0.2, 0) is 4.74 Å². The highest BCUT2D eigenvalue weighted by molar-refractivity contribution is 5.09. The monoisotopic (exact) mass is 193 g/mol. The van der Waals surface area contributed by atoms with Gasteiger partial charge in [-0.1, -0.05) is 25.7 Å². The van der Waals surface area contributed by atoms with Crippen LogP contribution in [0, 0.1) is 16.7 Å². The van der Waals surface area contributed by atoms with Gasteiger partial charge in [-0.05, 0) is 25.7 Å². The Morgan fingerprint density at radius 1 is 1.14 bits per heavy atom. The molecule has 2 nitrogen and oxygen atoms in total. The molecule has 0 radical (unpaired) electrons. The summed E-state index contributed by atoms with van der Waals surface area (Å²) in [5.41, 5.74) is -0.0771. The van der Waals surface area contributed by atoms with Gasteiger partial charge in [-0.15, -0.1) is 0 Å². The lowest BCUT2D eigenvalue weighted by molar-refractivity contribution is 0.0250. The van der Waals surface area contributed by atoms with Crippen molar-refractivity contribution >= 4 is 0 Å². The Hall–Kier alpha value is -0.550. The first kappa shape index (κ1) is 9.98. The Bertz CT molecular complexity index is 219. The van der Waals surface area contributed by atoms with Crippen LogP contribution in [0.25, 0.3) is 0 Å². The van der Waals surface area contributed by atoms with Gasteiger partial charge in [-0.3, -0.25) is 0 Å². The molecule has 2 aliphatic rings. The Labute approximate surface area is 86.2 Å². The average molecular weight is 193 g/mol. The topological polar surface area (TPSA) is 33.0 Å². The fourth-order valence-electron chi connectivity index (χ4n) is 2.13. The van der Waals surface area contributed by atoms with Gasteiger partial charge < -0.3 is 4.74 Å². The Balaban J connectivity index is 1.71. The normalized spacial score (nSPS) is 26.5. The summed E-state index contributed by atoms with van der Waals surface area (Å²) >= 11 is 0. The van der Waals surface area contributed by atoms with Crippen LogP contribution in [0.3, 0.4) is 0 Å². The molecule has 0 aliphatic heterocycles. The summed E-state index contributed by atoms with van der Waals surface area (Å²) in [6, 6.07) is 2.38. The summed E-state index contributed by atoms with van der Waals surface area (Å²) < 4.78 is 5.86. The average Bonchev–Trinajstić information content (AvgIpc) is 3.01. The first-order valence-electron chi connectivity index (χ1n) is 5.88. The Morgan fingerprint density at radius 3 is 2.29 bits per heavy atom. The molecule has 2 heteroatoms. The number of nitrogens with zero attached hydrogens (tertiary/aromatic N) is 1. The van der Waals surface area contributed by atoms with Crippen LogP contribution in [0.15, 0.2) is 0 Å². The first-order valence-corrected chi connectivity index (χ1v) is 5.88. The van der Waals surface area contributed by atoms with E-state index in [0.29, 0.717) is 12.7 Å². The summed E-state index contributed by atoms with van der Waals surface area (Å²) in [7, 11) is 0. The summed E-state index contributed by atoms with van der Waals surface area (Å²) in [6.45, 7) is 0.689. The molecule has 14 heavy (non-hydrogen) atoms. The summed E-state index contributed by atoms with van der Waals surface area (Å²) in [4.78, 5) is 0. The fraction of sp³-hybridized carbons (Fsp3) is 0.917. The molecule has 0 saturated heterocycles. The van der Waals surface area contributed by atoms with Crippen LogP contribution < -0.4 is 0 Å². The van der Waals surface area contributed by atoms with Crippen molar-refractivity contribution in [3.8, 4) is 6.07 Å². The Morgan fingerprint density at radius 2 is 1.79 bits per heavy atom. The second-order valence-electron chi connectivity index (χ2n) is 4.82. The van der Waals surface area contributed by atoms with E-state index in [9.17, 15) is 0 Å². The molecule has 0 aromatic heterocycles. The zero-order chi connectivity index (χ0) is 9.86. The van der Waals surface area contributed by atoms with Crippen LogP contribution in [0.1, 0.15) is 51.4 Å². The number of hydrogen-bond acceptors (Lipinski definition) is 2. The van der Waals surface area contributed by atoms with E-state index in [4.69, 9.17) is 10.00 Å². The van der Waals surface area contributed by atoms with E-state index in [1.54, 1.807) is 0 Å². The van der Waals surface area contributed by atoms with Gasteiger partial charge in [-0.25, -0.2) is 0 Å². The zero-order valence-electron chi connectivity index (χ0n) is 8.80. The van der Waals surface area contributed by atoms with Crippen molar-refractivity contribution in [3.63, 3.8) is 0 Å². The maximum absolute atomic E-state index is 8.91. The molecule has 0 bridgehead atoms. The maximum atomic E-state index is 8.91. The fourth-order valence-corrected chi connectivity index (χ4v) is 2.13. The predicted octanol–water partition coefficient (Wildman–Crippen LogP) is 3.03. The van der Waals surface area contributed by atoms with Gasteiger partial charge in [0, 0.05) is 0 Å². The van der Waals surface area contributed by atoms with Crippen molar-refractivity contribution in [1.29, 1.82) is 5.26 Å². The van der Waals surface area contributed by atoms with Crippen LogP contribution in [-0.4, -0.2) is 12.7 Å². The smallest absolute Gasteiger partial charge is 0.0808 e. The lowest BCUT2D eigenvalue weighted by Crippen LogP contribution is -2.17. The number of ether oxygens (including phenoxy) is 1. The standard InChI is InChI=1S/C12H19NO/c13-9-12(7-8-12)10-14-11-5-3-1-2-4-6-11/h11H,1-8,10H2. The van der Waals surface area contributed by atoms with Gasteiger partial charge in [-0.2, -0.15) is 5.26 Å². The van der Waals surface area contributed by atoms with E-state index in [0.717, 1.165) is 12.8 Å². The SMILES string of the molecule is N#CC1(COC2CCCCCC2)CC1. The van der Waals surface area contributed by atoms with E-state index < -0.39 is 0 Å². The van der Waals surface area contributed by atoms with Crippen LogP contribution in [0.5, 0.6) is 0 Å². The second-order valence-corrected chi connectivity index (χ2v) is 4.82. The third kappa shape index (κ3) is 2.48. The highest BCUT2D eigenvalue weighted by Gasteiger charge is 2.43. The van der Waals surface area contributed by atoms with Crippen molar-refractivity contribution in [2.45, 2.75) is 57.5 Å². The predicted molar refractivity (Wildman–Crippen MR) is 54.7 cm³/mol. The molecule has 0 aromatic carbocycles. The zero-order valence-corrected chi connectivity index (χ0v) is 8.80. The molecule has 0 heterocycles. The quantitative estimate of drug-likeness (QED) is 0.645. The van der Waals surface area contributed by atoms with Crippen molar-refractivity contribution in [3.05, 3.63) is 0 Å². The molecular weight excluding hydrogens is 174 g/mol. The van der Waals surface area contributed by atoms with Gasteiger partial charge in [0.1, 0.15) is 0 Å².